The van der Waals surface area contributed by atoms with E-state index in [9.17, 15) is 4.79 Å². The van der Waals surface area contributed by atoms with Crippen molar-refractivity contribution in [2.75, 3.05) is 12.4 Å². The number of hydrogen-bond donors (Lipinski definition) is 1. The van der Waals surface area contributed by atoms with E-state index in [1.807, 2.05) is 53.2 Å². The number of fused-ring (bicyclic) bond motifs is 1. The van der Waals surface area contributed by atoms with Crippen LogP contribution in [0, 0.1) is 0 Å². The van der Waals surface area contributed by atoms with E-state index in [2.05, 4.69) is 10.3 Å². The second-order valence-corrected chi connectivity index (χ2v) is 5.84. The summed E-state index contributed by atoms with van der Waals surface area (Å²) in [5.41, 5.74) is 2.29. The van der Waals surface area contributed by atoms with Crippen LogP contribution in [-0.4, -0.2) is 22.6 Å². The largest absolute Gasteiger partial charge is 0.494 e. The number of carbonyl (C=O) groups is 1. The summed E-state index contributed by atoms with van der Waals surface area (Å²) in [7, 11) is 1.57. The Kier molecular flexibility index (Phi) is 3.93. The van der Waals surface area contributed by atoms with Crippen molar-refractivity contribution in [1.29, 1.82) is 0 Å². The molecule has 0 fully saturated rings. The van der Waals surface area contributed by atoms with E-state index < -0.39 is 0 Å². The minimum Gasteiger partial charge on any atom is -0.494 e. The molecule has 0 spiro atoms. The number of aromatic nitrogens is 2. The maximum absolute atomic E-state index is 11.3. The highest BCUT2D eigenvalue weighted by Crippen LogP contribution is 2.31. The number of nitrogens with one attached hydrogen (secondary N) is 1. The highest BCUT2D eigenvalue weighted by atomic mass is 16.5. The fourth-order valence-electron chi connectivity index (χ4n) is 2.91. The number of benzene rings is 2. The van der Waals surface area contributed by atoms with Crippen LogP contribution < -0.4 is 10.1 Å². The van der Waals surface area contributed by atoms with Crippen LogP contribution in [0.2, 0.25) is 0 Å². The van der Waals surface area contributed by atoms with Gasteiger partial charge in [-0.15, -0.1) is 0 Å². The lowest BCUT2D eigenvalue weighted by atomic mass is 10.2. The molecule has 2 aromatic carbocycles. The third kappa shape index (κ3) is 2.82. The maximum atomic E-state index is 11.3. The van der Waals surface area contributed by atoms with Crippen molar-refractivity contribution in [3.05, 3.63) is 60.9 Å². The molecule has 4 rings (SSSR count). The molecule has 1 N–H and O–H groups in total. The molecule has 0 aliphatic rings. The van der Waals surface area contributed by atoms with Crippen molar-refractivity contribution in [1.82, 2.24) is 9.55 Å². The van der Waals surface area contributed by atoms with Crippen LogP contribution in [0.4, 0.5) is 5.69 Å². The Bertz CT molecular complexity index is 1060. The maximum Gasteiger partial charge on any atom is 0.221 e. The topological polar surface area (TPSA) is 69.3 Å². The SMILES string of the molecule is COc1cc(-n2ccnc2-c2cc3ccccc3o2)ccc1NC(C)=O. The first kappa shape index (κ1) is 16.0. The number of amides is 1. The molecule has 6 nitrogen and oxygen atoms in total. The van der Waals surface area contributed by atoms with Crippen LogP contribution in [0.15, 0.2) is 65.3 Å². The van der Waals surface area contributed by atoms with Gasteiger partial charge in [-0.2, -0.15) is 0 Å². The Morgan fingerprint density at radius 3 is 2.81 bits per heavy atom. The summed E-state index contributed by atoms with van der Waals surface area (Å²) in [6.07, 6.45) is 3.58. The zero-order chi connectivity index (χ0) is 18.1. The lowest BCUT2D eigenvalue weighted by Gasteiger charge is -2.12. The summed E-state index contributed by atoms with van der Waals surface area (Å²) in [6.45, 7) is 1.46. The smallest absolute Gasteiger partial charge is 0.221 e. The van der Waals surface area contributed by atoms with Gasteiger partial charge in [0.2, 0.25) is 5.91 Å². The number of imidazole rings is 1. The number of rotatable bonds is 4. The number of para-hydroxylation sites is 1. The van der Waals surface area contributed by atoms with E-state index in [1.54, 1.807) is 19.4 Å². The Morgan fingerprint density at radius 2 is 2.04 bits per heavy atom. The van der Waals surface area contributed by atoms with Crippen molar-refractivity contribution >= 4 is 22.6 Å². The number of ether oxygens (including phenoxy) is 1. The predicted molar refractivity (Wildman–Crippen MR) is 99.6 cm³/mol. The van der Waals surface area contributed by atoms with Crippen molar-refractivity contribution in [2.24, 2.45) is 0 Å². The average molecular weight is 347 g/mol. The second-order valence-electron chi connectivity index (χ2n) is 5.84. The molecule has 0 radical (unpaired) electrons. The molecule has 6 heteroatoms. The van der Waals surface area contributed by atoms with E-state index in [4.69, 9.17) is 9.15 Å². The van der Waals surface area contributed by atoms with Crippen molar-refractivity contribution in [2.45, 2.75) is 6.92 Å². The Balaban J connectivity index is 1.78. The van der Waals surface area contributed by atoms with Crippen molar-refractivity contribution < 1.29 is 13.9 Å². The van der Waals surface area contributed by atoms with Gasteiger partial charge in [0.05, 0.1) is 18.5 Å². The minimum absolute atomic E-state index is 0.151. The summed E-state index contributed by atoms with van der Waals surface area (Å²) in [4.78, 5) is 15.8. The molecular weight excluding hydrogens is 330 g/mol. The minimum atomic E-state index is -0.151. The molecule has 0 bridgehead atoms. The number of hydrogen-bond acceptors (Lipinski definition) is 4. The zero-order valence-electron chi connectivity index (χ0n) is 14.4. The third-order valence-corrected chi connectivity index (χ3v) is 4.06. The number of carbonyl (C=O) groups excluding carboxylic acids is 1. The fraction of sp³-hybridized carbons (Fsp3) is 0.100. The van der Waals surface area contributed by atoms with Crippen molar-refractivity contribution in [3.63, 3.8) is 0 Å². The molecule has 1 amide bonds. The first-order chi connectivity index (χ1) is 12.7. The summed E-state index contributed by atoms with van der Waals surface area (Å²) in [5.74, 6) is 1.79. The second kappa shape index (κ2) is 6.40. The van der Waals surface area contributed by atoms with Crippen LogP contribution in [0.5, 0.6) is 5.75 Å². The molecule has 4 aromatic rings. The molecule has 2 aromatic heterocycles. The third-order valence-electron chi connectivity index (χ3n) is 4.06. The Hall–Kier alpha value is -3.54. The van der Waals surface area contributed by atoms with Crippen LogP contribution >= 0.6 is 0 Å². The molecule has 0 saturated carbocycles. The monoisotopic (exact) mass is 347 g/mol. The average Bonchev–Trinajstić information content (AvgIpc) is 3.28. The number of methoxy groups -OCH3 is 1. The molecule has 0 atom stereocenters. The molecule has 26 heavy (non-hydrogen) atoms. The summed E-state index contributed by atoms with van der Waals surface area (Å²) in [5, 5.41) is 3.78. The summed E-state index contributed by atoms with van der Waals surface area (Å²) in [6, 6.07) is 15.3. The van der Waals surface area contributed by atoms with Gasteiger partial charge < -0.3 is 14.5 Å². The zero-order valence-corrected chi connectivity index (χ0v) is 14.4. The van der Waals surface area contributed by atoms with E-state index in [1.165, 1.54) is 6.92 Å². The van der Waals surface area contributed by atoms with Gasteiger partial charge in [-0.3, -0.25) is 9.36 Å². The molecular formula is C20H17N3O3. The fourth-order valence-corrected chi connectivity index (χ4v) is 2.91. The van der Waals surface area contributed by atoms with E-state index in [0.717, 1.165) is 16.7 Å². The summed E-state index contributed by atoms with van der Waals surface area (Å²) < 4.78 is 13.3. The Morgan fingerprint density at radius 1 is 1.19 bits per heavy atom. The van der Waals surface area contributed by atoms with Gasteiger partial charge >= 0.3 is 0 Å². The van der Waals surface area contributed by atoms with Gasteiger partial charge in [-0.1, -0.05) is 18.2 Å². The highest BCUT2D eigenvalue weighted by Gasteiger charge is 2.14. The molecule has 0 saturated heterocycles. The van der Waals surface area contributed by atoms with E-state index in [-0.39, 0.29) is 5.91 Å². The van der Waals surface area contributed by atoms with Gasteiger partial charge in [0, 0.05) is 30.8 Å². The summed E-state index contributed by atoms with van der Waals surface area (Å²) >= 11 is 0. The standard InChI is InChI=1S/C20H17N3O3/c1-13(24)22-16-8-7-15(12-18(16)25-2)23-10-9-21-20(23)19-11-14-5-3-4-6-17(14)26-19/h3-12H,1-2H3,(H,22,24). The van der Waals surface area contributed by atoms with Crippen LogP contribution in [0.3, 0.4) is 0 Å². The predicted octanol–water partition coefficient (Wildman–Crippen LogP) is 4.25. The van der Waals surface area contributed by atoms with Crippen LogP contribution in [0.1, 0.15) is 6.92 Å². The van der Waals surface area contributed by atoms with Gasteiger partial charge in [-0.25, -0.2) is 4.98 Å². The molecule has 0 aliphatic heterocycles. The lowest BCUT2D eigenvalue weighted by Crippen LogP contribution is -2.07. The Labute approximate surface area is 150 Å². The molecule has 2 heterocycles. The molecule has 130 valence electrons. The normalized spacial score (nSPS) is 10.8. The molecule has 0 aliphatic carbocycles. The van der Waals surface area contributed by atoms with E-state index >= 15 is 0 Å². The number of nitrogens with zero attached hydrogens (tertiary/aromatic N) is 2. The highest BCUT2D eigenvalue weighted by molar-refractivity contribution is 5.90. The first-order valence-corrected chi connectivity index (χ1v) is 8.14. The van der Waals surface area contributed by atoms with Crippen molar-refractivity contribution in [3.8, 4) is 23.0 Å². The van der Waals surface area contributed by atoms with Gasteiger partial charge in [-0.05, 0) is 24.3 Å². The van der Waals surface area contributed by atoms with Gasteiger partial charge in [0.25, 0.3) is 0 Å². The lowest BCUT2D eigenvalue weighted by molar-refractivity contribution is -0.114. The van der Waals surface area contributed by atoms with E-state index in [0.29, 0.717) is 23.0 Å². The molecule has 0 unspecified atom stereocenters. The number of anilines is 1. The van der Waals surface area contributed by atoms with Crippen LogP contribution in [-0.2, 0) is 4.79 Å². The van der Waals surface area contributed by atoms with Gasteiger partial charge in [0.15, 0.2) is 11.6 Å². The van der Waals surface area contributed by atoms with Crippen LogP contribution in [0.25, 0.3) is 28.2 Å². The first-order valence-electron chi connectivity index (χ1n) is 8.14. The quantitative estimate of drug-likeness (QED) is 0.599. The number of furan rings is 1. The van der Waals surface area contributed by atoms with Gasteiger partial charge in [0.1, 0.15) is 11.3 Å².